The molecule has 0 saturated heterocycles. The van der Waals surface area contributed by atoms with Gasteiger partial charge < -0.3 is 15.8 Å². The Morgan fingerprint density at radius 2 is 2.12 bits per heavy atom. The molecule has 3 N–H and O–H groups in total. The van der Waals surface area contributed by atoms with E-state index in [1.807, 2.05) is 6.07 Å². The zero-order valence-electron chi connectivity index (χ0n) is 15.1. The van der Waals surface area contributed by atoms with Crippen molar-refractivity contribution in [3.63, 3.8) is 0 Å². The molecule has 2 rings (SSSR count). The number of carbonyl (C=O) groups excluding carboxylic acids is 1. The maximum Gasteiger partial charge on any atom is 0.236 e. The Morgan fingerprint density at radius 1 is 1.38 bits per heavy atom. The molecule has 6 nitrogen and oxygen atoms in total. The van der Waals surface area contributed by atoms with Gasteiger partial charge in [0.2, 0.25) is 5.91 Å². The number of aryl methyl sites for hydroxylation is 1. The summed E-state index contributed by atoms with van der Waals surface area (Å²) in [6.07, 6.45) is 5.38. The molecule has 0 bridgehead atoms. The van der Waals surface area contributed by atoms with Crippen molar-refractivity contribution in [2.45, 2.75) is 44.2 Å². The average molecular weight is 405 g/mol. The number of nitrogens with two attached hydrogens (primary N) is 1. The van der Waals surface area contributed by atoms with E-state index in [-0.39, 0.29) is 36.6 Å². The van der Waals surface area contributed by atoms with Crippen molar-refractivity contribution in [1.29, 1.82) is 0 Å². The fraction of sp³-hybridized carbons (Fsp3) is 0.611. The van der Waals surface area contributed by atoms with Crippen LogP contribution in [0.4, 0.5) is 0 Å². The largest absolute Gasteiger partial charge is 0.373 e. The third-order valence-electron chi connectivity index (χ3n) is 4.39. The van der Waals surface area contributed by atoms with E-state index in [1.54, 1.807) is 0 Å². The minimum Gasteiger partial charge on any atom is -0.373 e. The molecule has 1 aromatic carbocycles. The van der Waals surface area contributed by atoms with Crippen LogP contribution in [0.1, 0.15) is 42.9 Å². The first-order valence-electron chi connectivity index (χ1n) is 8.77. The van der Waals surface area contributed by atoms with E-state index in [0.717, 1.165) is 25.5 Å². The molecule has 8 heteroatoms. The number of carbonyl (C=O) groups is 1. The van der Waals surface area contributed by atoms with Crippen molar-refractivity contribution in [1.82, 2.24) is 5.32 Å². The highest BCUT2D eigenvalue weighted by Gasteiger charge is 2.20. The molecule has 1 aromatic rings. The zero-order chi connectivity index (χ0) is 18.3. The van der Waals surface area contributed by atoms with Crippen LogP contribution in [0.25, 0.3) is 0 Å². The van der Waals surface area contributed by atoms with E-state index < -0.39 is 15.9 Å². The number of hydrogen-bond acceptors (Lipinski definition) is 5. The molecular weight excluding hydrogens is 376 g/mol. The van der Waals surface area contributed by atoms with Crippen LogP contribution < -0.4 is 11.1 Å². The van der Waals surface area contributed by atoms with E-state index in [1.165, 1.54) is 11.1 Å². The van der Waals surface area contributed by atoms with Gasteiger partial charge >= 0.3 is 0 Å². The molecule has 1 aliphatic carbocycles. The van der Waals surface area contributed by atoms with Crippen molar-refractivity contribution in [3.05, 3.63) is 35.4 Å². The Labute approximate surface area is 162 Å². The fourth-order valence-electron chi connectivity index (χ4n) is 3.00. The van der Waals surface area contributed by atoms with Crippen molar-refractivity contribution >= 4 is 28.2 Å². The predicted octanol–water partition coefficient (Wildman–Crippen LogP) is 1.77. The number of halogens is 1. The lowest BCUT2D eigenvalue weighted by Crippen LogP contribution is -2.42. The van der Waals surface area contributed by atoms with E-state index >= 15 is 0 Å². The van der Waals surface area contributed by atoms with Gasteiger partial charge in [-0.2, -0.15) is 0 Å². The SMILES string of the molecule is CS(=O)(=O)CCC(N)C(=O)NCCCOC1CCCc2ccccc21.Cl. The number of nitrogens with one attached hydrogen (secondary N) is 1. The Morgan fingerprint density at radius 3 is 2.85 bits per heavy atom. The highest BCUT2D eigenvalue weighted by Crippen LogP contribution is 2.32. The van der Waals surface area contributed by atoms with Crippen molar-refractivity contribution < 1.29 is 17.9 Å². The molecular formula is C18H29ClN2O4S. The molecule has 26 heavy (non-hydrogen) atoms. The van der Waals surface area contributed by atoms with Crippen molar-refractivity contribution in [2.24, 2.45) is 5.73 Å². The van der Waals surface area contributed by atoms with Gasteiger partial charge in [-0.05, 0) is 43.2 Å². The number of rotatable bonds is 9. The first-order chi connectivity index (χ1) is 11.9. The minimum atomic E-state index is -3.10. The number of sulfone groups is 1. The summed E-state index contributed by atoms with van der Waals surface area (Å²) in [7, 11) is -3.10. The highest BCUT2D eigenvalue weighted by atomic mass is 35.5. The second kappa shape index (κ2) is 10.9. The number of hydrogen-bond donors (Lipinski definition) is 2. The van der Waals surface area contributed by atoms with E-state index in [0.29, 0.717) is 19.6 Å². The van der Waals surface area contributed by atoms with Crippen molar-refractivity contribution in [3.8, 4) is 0 Å². The molecule has 2 atom stereocenters. The van der Waals surface area contributed by atoms with Crippen LogP contribution in [-0.2, 0) is 25.8 Å². The third kappa shape index (κ3) is 7.61. The second-order valence-electron chi connectivity index (χ2n) is 6.62. The fourth-order valence-corrected chi connectivity index (χ4v) is 3.68. The molecule has 0 radical (unpaired) electrons. The van der Waals surface area contributed by atoms with E-state index in [4.69, 9.17) is 10.5 Å². The number of amides is 1. The Hall–Kier alpha value is -1.15. The molecule has 148 valence electrons. The van der Waals surface area contributed by atoms with Crippen LogP contribution in [0.3, 0.4) is 0 Å². The minimum absolute atomic E-state index is 0. The van der Waals surface area contributed by atoms with Gasteiger partial charge in [-0.25, -0.2) is 8.42 Å². The summed E-state index contributed by atoms with van der Waals surface area (Å²) in [5.41, 5.74) is 8.34. The summed E-state index contributed by atoms with van der Waals surface area (Å²) >= 11 is 0. The van der Waals surface area contributed by atoms with Crippen LogP contribution in [0.2, 0.25) is 0 Å². The number of ether oxygens (including phenoxy) is 1. The quantitative estimate of drug-likeness (QED) is 0.611. The molecule has 0 spiro atoms. The second-order valence-corrected chi connectivity index (χ2v) is 8.88. The smallest absolute Gasteiger partial charge is 0.236 e. The van der Waals surface area contributed by atoms with Crippen LogP contribution in [0, 0.1) is 0 Å². The van der Waals surface area contributed by atoms with Gasteiger partial charge in [0.25, 0.3) is 0 Å². The summed E-state index contributed by atoms with van der Waals surface area (Å²) < 4.78 is 28.2. The van der Waals surface area contributed by atoms with Gasteiger partial charge in [-0.15, -0.1) is 12.4 Å². The van der Waals surface area contributed by atoms with Crippen molar-refractivity contribution in [2.75, 3.05) is 25.2 Å². The Kier molecular flexibility index (Phi) is 9.57. The van der Waals surface area contributed by atoms with Gasteiger partial charge in [0.05, 0.1) is 17.9 Å². The van der Waals surface area contributed by atoms with Gasteiger partial charge in [-0.1, -0.05) is 24.3 Å². The highest BCUT2D eigenvalue weighted by molar-refractivity contribution is 7.90. The van der Waals surface area contributed by atoms with E-state index in [9.17, 15) is 13.2 Å². The summed E-state index contributed by atoms with van der Waals surface area (Å²) in [5, 5.41) is 2.74. The van der Waals surface area contributed by atoms with Crippen LogP contribution in [-0.4, -0.2) is 45.5 Å². The Bertz CT molecular complexity index is 682. The number of fused-ring (bicyclic) bond motifs is 1. The predicted molar refractivity (Wildman–Crippen MR) is 105 cm³/mol. The first-order valence-corrected chi connectivity index (χ1v) is 10.8. The standard InChI is InChI=1S/C18H28N2O4S.ClH/c1-25(22,23)13-10-16(19)18(21)20-11-5-12-24-17-9-4-7-14-6-2-3-8-15(14)17;/h2-3,6,8,16-17H,4-5,7,9-13,19H2,1H3,(H,20,21);1H. The Balaban J connectivity index is 0.00000338. The lowest BCUT2D eigenvalue weighted by atomic mass is 9.89. The maximum atomic E-state index is 11.8. The summed E-state index contributed by atoms with van der Waals surface area (Å²) in [4.78, 5) is 11.8. The zero-order valence-corrected chi connectivity index (χ0v) is 16.8. The van der Waals surface area contributed by atoms with Crippen LogP contribution >= 0.6 is 12.4 Å². The maximum absolute atomic E-state index is 11.8. The summed E-state index contributed by atoms with van der Waals surface area (Å²) in [6, 6.07) is 7.59. The summed E-state index contributed by atoms with van der Waals surface area (Å²) in [5.74, 6) is -0.391. The first kappa shape index (κ1) is 22.9. The van der Waals surface area contributed by atoms with Crippen LogP contribution in [0.15, 0.2) is 24.3 Å². The van der Waals surface area contributed by atoms with Crippen LogP contribution in [0.5, 0.6) is 0 Å². The average Bonchev–Trinajstić information content (AvgIpc) is 2.58. The molecule has 0 saturated carbocycles. The van der Waals surface area contributed by atoms with Gasteiger partial charge in [-0.3, -0.25) is 4.79 Å². The normalized spacial score (nSPS) is 17.7. The van der Waals surface area contributed by atoms with Gasteiger partial charge in [0.15, 0.2) is 0 Å². The molecule has 0 aliphatic heterocycles. The lowest BCUT2D eigenvalue weighted by molar-refractivity contribution is -0.122. The molecule has 2 unspecified atom stereocenters. The van der Waals surface area contributed by atoms with E-state index in [2.05, 4.69) is 23.5 Å². The topological polar surface area (TPSA) is 98.5 Å². The lowest BCUT2D eigenvalue weighted by Gasteiger charge is -2.25. The molecule has 1 amide bonds. The molecule has 0 aromatic heterocycles. The van der Waals surface area contributed by atoms with Gasteiger partial charge in [0.1, 0.15) is 9.84 Å². The summed E-state index contributed by atoms with van der Waals surface area (Å²) in [6.45, 7) is 1.04. The number of benzene rings is 1. The van der Waals surface area contributed by atoms with Gasteiger partial charge in [0, 0.05) is 19.4 Å². The molecule has 1 aliphatic rings. The monoisotopic (exact) mass is 404 g/mol. The molecule has 0 heterocycles. The third-order valence-corrected chi connectivity index (χ3v) is 5.37. The molecule has 0 fully saturated rings.